The van der Waals surface area contributed by atoms with E-state index in [0.29, 0.717) is 44.3 Å². The SMILES string of the molecule is Cc1ccccc1-n1ccn(CN2CCN(S(=O)(=O)c3c(C)noc3C)CC2)c1=S. The first kappa shape index (κ1) is 21.0. The zero-order chi connectivity index (χ0) is 21.5. The lowest BCUT2D eigenvalue weighted by Gasteiger charge is -2.33. The molecule has 10 heteroatoms. The van der Waals surface area contributed by atoms with E-state index < -0.39 is 10.0 Å². The summed E-state index contributed by atoms with van der Waals surface area (Å²) in [6.07, 6.45) is 3.95. The molecular weight excluding hydrogens is 422 g/mol. The Labute approximate surface area is 181 Å². The van der Waals surface area contributed by atoms with Crippen LogP contribution in [0.5, 0.6) is 0 Å². The summed E-state index contributed by atoms with van der Waals surface area (Å²) in [5.41, 5.74) is 2.62. The van der Waals surface area contributed by atoms with Crippen LogP contribution in [0.2, 0.25) is 0 Å². The number of aryl methyl sites for hydroxylation is 3. The smallest absolute Gasteiger partial charge is 0.248 e. The number of hydrogen-bond acceptors (Lipinski definition) is 6. The maximum absolute atomic E-state index is 13.0. The van der Waals surface area contributed by atoms with Gasteiger partial charge in [0, 0.05) is 38.6 Å². The zero-order valence-corrected chi connectivity index (χ0v) is 18.9. The molecule has 2 aromatic heterocycles. The van der Waals surface area contributed by atoms with Crippen molar-refractivity contribution in [1.29, 1.82) is 0 Å². The van der Waals surface area contributed by atoms with E-state index in [-0.39, 0.29) is 4.90 Å². The van der Waals surface area contributed by atoms with Crippen LogP contribution < -0.4 is 0 Å². The number of sulfonamides is 1. The predicted molar refractivity (Wildman–Crippen MR) is 116 cm³/mol. The van der Waals surface area contributed by atoms with Crippen LogP contribution >= 0.6 is 12.2 Å². The van der Waals surface area contributed by atoms with Crippen molar-refractivity contribution in [2.45, 2.75) is 32.3 Å². The number of para-hydroxylation sites is 1. The van der Waals surface area contributed by atoms with E-state index in [2.05, 4.69) is 23.0 Å². The second-order valence-corrected chi connectivity index (χ2v) is 9.76. The normalized spacial score (nSPS) is 16.2. The molecule has 0 atom stereocenters. The standard InChI is InChI=1S/C20H25N5O3S2/c1-15-6-4-5-7-18(15)25-13-10-23(20(25)29)14-22-8-11-24(12-9-22)30(26,27)19-16(2)21-28-17(19)3/h4-7,10,13H,8-9,11-12,14H2,1-3H3. The maximum Gasteiger partial charge on any atom is 0.248 e. The summed E-state index contributed by atoms with van der Waals surface area (Å²) >= 11 is 5.68. The number of nitrogens with zero attached hydrogens (tertiary/aromatic N) is 5. The molecule has 30 heavy (non-hydrogen) atoms. The molecule has 0 aliphatic carbocycles. The Morgan fingerprint density at radius 3 is 2.40 bits per heavy atom. The molecule has 0 spiro atoms. The highest BCUT2D eigenvalue weighted by Crippen LogP contribution is 2.24. The van der Waals surface area contributed by atoms with Crippen LogP contribution in [0.4, 0.5) is 0 Å². The van der Waals surface area contributed by atoms with Gasteiger partial charge in [0.05, 0.1) is 12.4 Å². The van der Waals surface area contributed by atoms with Crippen LogP contribution in [-0.4, -0.2) is 58.1 Å². The zero-order valence-electron chi connectivity index (χ0n) is 17.3. The van der Waals surface area contributed by atoms with Gasteiger partial charge in [-0.2, -0.15) is 4.31 Å². The van der Waals surface area contributed by atoms with Crippen molar-refractivity contribution in [3.8, 4) is 5.69 Å². The summed E-state index contributed by atoms with van der Waals surface area (Å²) in [4.78, 5) is 2.39. The van der Waals surface area contributed by atoms with Crippen LogP contribution in [0.3, 0.4) is 0 Å². The van der Waals surface area contributed by atoms with Crippen LogP contribution in [0.1, 0.15) is 17.0 Å². The van der Waals surface area contributed by atoms with Gasteiger partial charge in [-0.1, -0.05) is 23.4 Å². The van der Waals surface area contributed by atoms with Crippen molar-refractivity contribution in [3.05, 3.63) is 58.4 Å². The van der Waals surface area contributed by atoms with Gasteiger partial charge in [-0.05, 0) is 44.6 Å². The molecule has 1 fully saturated rings. The van der Waals surface area contributed by atoms with E-state index >= 15 is 0 Å². The summed E-state index contributed by atoms with van der Waals surface area (Å²) in [5, 5.41) is 3.78. The van der Waals surface area contributed by atoms with Crippen molar-refractivity contribution in [2.75, 3.05) is 26.2 Å². The fourth-order valence-corrected chi connectivity index (χ4v) is 5.83. The van der Waals surface area contributed by atoms with Gasteiger partial charge in [0.15, 0.2) is 10.5 Å². The lowest BCUT2D eigenvalue weighted by atomic mass is 10.2. The Balaban J connectivity index is 1.45. The number of aromatic nitrogens is 3. The predicted octanol–water partition coefficient (Wildman–Crippen LogP) is 2.89. The minimum Gasteiger partial charge on any atom is -0.360 e. The Kier molecular flexibility index (Phi) is 5.67. The van der Waals surface area contributed by atoms with E-state index in [1.54, 1.807) is 13.8 Å². The van der Waals surface area contributed by atoms with Gasteiger partial charge in [-0.15, -0.1) is 0 Å². The van der Waals surface area contributed by atoms with Gasteiger partial charge >= 0.3 is 0 Å². The Bertz CT molecular complexity index is 1200. The second kappa shape index (κ2) is 8.10. The largest absolute Gasteiger partial charge is 0.360 e. The van der Waals surface area contributed by atoms with Crippen molar-refractivity contribution < 1.29 is 12.9 Å². The summed E-state index contributed by atoms with van der Waals surface area (Å²) in [7, 11) is -3.60. The molecule has 1 aliphatic heterocycles. The van der Waals surface area contributed by atoms with Crippen LogP contribution in [0, 0.1) is 25.5 Å². The highest BCUT2D eigenvalue weighted by atomic mass is 32.2. The molecule has 0 radical (unpaired) electrons. The molecule has 3 heterocycles. The molecule has 160 valence electrons. The van der Waals surface area contributed by atoms with Gasteiger partial charge in [0.2, 0.25) is 10.0 Å². The van der Waals surface area contributed by atoms with Crippen LogP contribution in [-0.2, 0) is 16.7 Å². The van der Waals surface area contributed by atoms with E-state index in [0.717, 1.165) is 16.0 Å². The summed E-state index contributed by atoms with van der Waals surface area (Å²) in [6, 6.07) is 8.12. The lowest BCUT2D eigenvalue weighted by Crippen LogP contribution is -2.49. The number of benzene rings is 1. The van der Waals surface area contributed by atoms with Gasteiger partial charge < -0.3 is 9.09 Å². The van der Waals surface area contributed by atoms with E-state index in [4.69, 9.17) is 16.7 Å². The fourth-order valence-electron chi connectivity index (χ4n) is 3.84. The first-order chi connectivity index (χ1) is 14.3. The van der Waals surface area contributed by atoms with Crippen molar-refractivity contribution in [3.63, 3.8) is 0 Å². The molecule has 0 amide bonds. The molecule has 1 aromatic carbocycles. The molecule has 1 aliphatic rings. The van der Waals surface area contributed by atoms with Crippen molar-refractivity contribution >= 4 is 22.2 Å². The molecule has 0 saturated carbocycles. The topological polar surface area (TPSA) is 76.5 Å². The highest BCUT2D eigenvalue weighted by molar-refractivity contribution is 7.89. The third-order valence-electron chi connectivity index (χ3n) is 5.47. The van der Waals surface area contributed by atoms with Crippen molar-refractivity contribution in [2.24, 2.45) is 0 Å². The monoisotopic (exact) mass is 447 g/mol. The second-order valence-electron chi connectivity index (χ2n) is 7.52. The number of hydrogen-bond donors (Lipinski definition) is 0. The van der Waals surface area contributed by atoms with Gasteiger partial charge in [-0.25, -0.2) is 8.42 Å². The highest BCUT2D eigenvalue weighted by Gasteiger charge is 2.33. The molecule has 4 rings (SSSR count). The first-order valence-electron chi connectivity index (χ1n) is 9.78. The summed E-state index contributed by atoms with van der Waals surface area (Å²) in [5.74, 6) is 0.332. The van der Waals surface area contributed by atoms with E-state index in [1.165, 1.54) is 4.31 Å². The average Bonchev–Trinajstić information content (AvgIpc) is 3.25. The lowest BCUT2D eigenvalue weighted by molar-refractivity contribution is 0.151. The Morgan fingerprint density at radius 2 is 1.77 bits per heavy atom. The van der Waals surface area contributed by atoms with Crippen molar-refractivity contribution in [1.82, 2.24) is 23.5 Å². The minimum absolute atomic E-state index is 0.188. The molecule has 0 unspecified atom stereocenters. The van der Waals surface area contributed by atoms with Gasteiger partial charge in [0.1, 0.15) is 10.6 Å². The van der Waals surface area contributed by atoms with Crippen LogP contribution in [0.15, 0.2) is 46.1 Å². The van der Waals surface area contributed by atoms with Crippen LogP contribution in [0.25, 0.3) is 5.69 Å². The molecule has 8 nitrogen and oxygen atoms in total. The van der Waals surface area contributed by atoms with Gasteiger partial charge in [-0.3, -0.25) is 9.47 Å². The maximum atomic E-state index is 13.0. The molecule has 1 saturated heterocycles. The molecule has 3 aromatic rings. The van der Waals surface area contributed by atoms with E-state index in [1.807, 2.05) is 39.7 Å². The number of rotatable bonds is 5. The molecule has 0 bridgehead atoms. The average molecular weight is 448 g/mol. The molecule has 0 N–H and O–H groups in total. The Hall–Kier alpha value is -2.27. The fraction of sp³-hybridized carbons (Fsp3) is 0.400. The third-order valence-corrected chi connectivity index (χ3v) is 8.05. The Morgan fingerprint density at radius 1 is 1.07 bits per heavy atom. The summed E-state index contributed by atoms with van der Waals surface area (Å²) in [6.45, 7) is 8.05. The summed E-state index contributed by atoms with van der Waals surface area (Å²) < 4.78 is 37.3. The van der Waals surface area contributed by atoms with Gasteiger partial charge in [0.25, 0.3) is 0 Å². The third kappa shape index (κ3) is 3.76. The van der Waals surface area contributed by atoms with E-state index in [9.17, 15) is 8.42 Å². The quantitative estimate of drug-likeness (QED) is 0.560. The first-order valence-corrected chi connectivity index (χ1v) is 11.6. The number of imidazole rings is 1. The minimum atomic E-state index is -3.60. The molecular formula is C20H25N5O3S2. The number of piperazine rings is 1.